The second-order valence-electron chi connectivity index (χ2n) is 4.25. The van der Waals surface area contributed by atoms with Crippen molar-refractivity contribution in [2.24, 2.45) is 11.7 Å². The number of nitrogens with zero attached hydrogens (tertiary/aromatic N) is 1. The van der Waals surface area contributed by atoms with Crippen LogP contribution in [0.15, 0.2) is 22.7 Å². The maximum Gasteiger partial charge on any atom is 0.137 e. The largest absolute Gasteiger partial charge is 0.393 e. The number of hydrogen-bond donors (Lipinski definition) is 1. The number of nitrogens with two attached hydrogens (primary N) is 1. The van der Waals surface area contributed by atoms with Crippen LogP contribution < -0.4 is 5.73 Å². The van der Waals surface area contributed by atoms with Crippen LogP contribution in [0.2, 0.25) is 0 Å². The Morgan fingerprint density at radius 1 is 1.59 bits per heavy atom. The van der Waals surface area contributed by atoms with Crippen LogP contribution in [0.1, 0.15) is 12.5 Å². The summed E-state index contributed by atoms with van der Waals surface area (Å²) < 4.78 is 13.5. The van der Waals surface area contributed by atoms with Crippen molar-refractivity contribution in [3.05, 3.63) is 34.1 Å². The highest BCUT2D eigenvalue weighted by atomic mass is 79.9. The van der Waals surface area contributed by atoms with Crippen molar-refractivity contribution in [1.29, 1.82) is 0 Å². The zero-order valence-corrected chi connectivity index (χ0v) is 12.3. The summed E-state index contributed by atoms with van der Waals surface area (Å²) in [5.41, 5.74) is 6.62. The Morgan fingerprint density at radius 2 is 2.24 bits per heavy atom. The third-order valence-corrected chi connectivity index (χ3v) is 3.52. The summed E-state index contributed by atoms with van der Waals surface area (Å²) in [6, 6.07) is 5.03. The molecule has 94 valence electrons. The van der Waals surface area contributed by atoms with Crippen LogP contribution in [0.3, 0.4) is 0 Å². The summed E-state index contributed by atoms with van der Waals surface area (Å²) in [7, 11) is 1.99. The number of rotatable bonds is 5. The average molecular weight is 319 g/mol. The minimum absolute atomic E-state index is 0.180. The Bertz CT molecular complexity index is 411. The quantitative estimate of drug-likeness (QED) is 0.846. The van der Waals surface area contributed by atoms with Gasteiger partial charge in [-0.05, 0) is 40.7 Å². The van der Waals surface area contributed by atoms with Crippen molar-refractivity contribution in [3.8, 4) is 0 Å². The number of thiocarbonyl (C=S) groups is 1. The van der Waals surface area contributed by atoms with E-state index in [0.717, 1.165) is 18.7 Å². The molecule has 1 atom stereocenters. The van der Waals surface area contributed by atoms with Gasteiger partial charge in [0.2, 0.25) is 0 Å². The predicted molar refractivity (Wildman–Crippen MR) is 76.4 cm³/mol. The van der Waals surface area contributed by atoms with Crippen molar-refractivity contribution >= 4 is 33.1 Å². The maximum atomic E-state index is 13.1. The molecule has 1 rings (SSSR count). The molecule has 5 heteroatoms. The first-order chi connectivity index (χ1) is 7.90. The molecule has 17 heavy (non-hydrogen) atoms. The Hall–Kier alpha value is -0.520. The minimum atomic E-state index is -0.243. The lowest BCUT2D eigenvalue weighted by Gasteiger charge is -2.20. The van der Waals surface area contributed by atoms with Gasteiger partial charge in [-0.25, -0.2) is 4.39 Å². The Balaban J connectivity index is 2.58. The van der Waals surface area contributed by atoms with Crippen molar-refractivity contribution in [1.82, 2.24) is 4.90 Å². The highest BCUT2D eigenvalue weighted by molar-refractivity contribution is 9.10. The monoisotopic (exact) mass is 318 g/mol. The van der Waals surface area contributed by atoms with Gasteiger partial charge < -0.3 is 10.6 Å². The van der Waals surface area contributed by atoms with Gasteiger partial charge in [0, 0.05) is 19.0 Å². The van der Waals surface area contributed by atoms with Crippen molar-refractivity contribution in [3.63, 3.8) is 0 Å². The molecule has 0 saturated heterocycles. The lowest BCUT2D eigenvalue weighted by atomic mass is 10.1. The molecule has 0 aliphatic rings. The predicted octanol–water partition coefficient (Wildman–Crippen LogP) is 2.94. The molecule has 0 aliphatic carbocycles. The molecular weight excluding hydrogens is 303 g/mol. The highest BCUT2D eigenvalue weighted by Crippen LogP contribution is 2.17. The molecule has 0 amide bonds. The van der Waals surface area contributed by atoms with Gasteiger partial charge in [-0.15, -0.1) is 0 Å². The van der Waals surface area contributed by atoms with E-state index in [1.165, 1.54) is 6.07 Å². The Morgan fingerprint density at radius 3 is 2.76 bits per heavy atom. The van der Waals surface area contributed by atoms with E-state index in [0.29, 0.717) is 9.46 Å². The van der Waals surface area contributed by atoms with E-state index >= 15 is 0 Å². The average Bonchev–Trinajstić information content (AvgIpc) is 2.23. The number of halogens is 2. The fraction of sp³-hybridized carbons (Fsp3) is 0.417. The number of benzene rings is 1. The normalized spacial score (nSPS) is 12.8. The second-order valence-corrected chi connectivity index (χ2v) is 5.57. The van der Waals surface area contributed by atoms with Gasteiger partial charge in [-0.1, -0.05) is 25.2 Å². The molecule has 0 heterocycles. The first-order valence-corrected chi connectivity index (χ1v) is 6.52. The first kappa shape index (κ1) is 14.5. The number of hydrogen-bond acceptors (Lipinski definition) is 2. The van der Waals surface area contributed by atoms with Gasteiger partial charge in [0.1, 0.15) is 5.82 Å². The highest BCUT2D eigenvalue weighted by Gasteiger charge is 2.10. The molecule has 0 spiro atoms. The lowest BCUT2D eigenvalue weighted by Crippen LogP contribution is -2.31. The SMILES string of the molecule is CC(CN(C)Cc1ccc(F)c(Br)c1)C(N)=S. The third kappa shape index (κ3) is 4.69. The molecule has 0 fully saturated rings. The minimum Gasteiger partial charge on any atom is -0.393 e. The van der Waals surface area contributed by atoms with Crippen molar-refractivity contribution in [2.45, 2.75) is 13.5 Å². The molecule has 0 aliphatic heterocycles. The van der Waals surface area contributed by atoms with Gasteiger partial charge in [0.05, 0.1) is 9.46 Å². The van der Waals surface area contributed by atoms with E-state index in [1.54, 1.807) is 12.1 Å². The fourth-order valence-corrected chi connectivity index (χ4v) is 2.07. The summed E-state index contributed by atoms with van der Waals surface area (Å²) in [5.74, 6) is -0.0632. The molecule has 2 N–H and O–H groups in total. The molecular formula is C12H16BrFN2S. The fourth-order valence-electron chi connectivity index (χ4n) is 1.57. The van der Waals surface area contributed by atoms with Gasteiger partial charge in [-0.3, -0.25) is 0 Å². The third-order valence-electron chi connectivity index (χ3n) is 2.51. The first-order valence-electron chi connectivity index (χ1n) is 5.32. The van der Waals surface area contributed by atoms with E-state index in [4.69, 9.17) is 18.0 Å². The van der Waals surface area contributed by atoms with Crippen molar-refractivity contribution in [2.75, 3.05) is 13.6 Å². The van der Waals surface area contributed by atoms with Gasteiger partial charge in [-0.2, -0.15) is 0 Å². The van der Waals surface area contributed by atoms with E-state index in [-0.39, 0.29) is 11.7 Å². The van der Waals surface area contributed by atoms with E-state index in [9.17, 15) is 4.39 Å². The van der Waals surface area contributed by atoms with Gasteiger partial charge in [0.25, 0.3) is 0 Å². The van der Waals surface area contributed by atoms with E-state index < -0.39 is 0 Å². The Kier molecular flexibility index (Phi) is 5.49. The maximum absolute atomic E-state index is 13.1. The molecule has 0 bridgehead atoms. The summed E-state index contributed by atoms with van der Waals surface area (Å²) >= 11 is 8.11. The molecule has 0 radical (unpaired) electrons. The van der Waals surface area contributed by atoms with E-state index in [1.807, 2.05) is 14.0 Å². The van der Waals surface area contributed by atoms with Crippen molar-refractivity contribution < 1.29 is 4.39 Å². The van der Waals surface area contributed by atoms with Crippen LogP contribution >= 0.6 is 28.1 Å². The summed E-state index contributed by atoms with van der Waals surface area (Å²) in [6.45, 7) is 3.54. The Labute approximate surface area is 115 Å². The van der Waals surface area contributed by atoms with Gasteiger partial charge >= 0.3 is 0 Å². The topological polar surface area (TPSA) is 29.3 Å². The summed E-state index contributed by atoms with van der Waals surface area (Å²) in [4.78, 5) is 2.64. The molecule has 0 saturated carbocycles. The van der Waals surface area contributed by atoms with Crippen LogP contribution in [0.4, 0.5) is 4.39 Å². The van der Waals surface area contributed by atoms with Crippen LogP contribution in [-0.4, -0.2) is 23.5 Å². The zero-order chi connectivity index (χ0) is 13.0. The molecule has 1 unspecified atom stereocenters. The molecule has 1 aromatic rings. The van der Waals surface area contributed by atoms with Crippen LogP contribution in [0, 0.1) is 11.7 Å². The molecule has 1 aromatic carbocycles. The summed E-state index contributed by atoms with van der Waals surface area (Å²) in [5, 5.41) is 0. The van der Waals surface area contributed by atoms with Gasteiger partial charge in [0.15, 0.2) is 0 Å². The lowest BCUT2D eigenvalue weighted by molar-refractivity contribution is 0.307. The molecule has 2 nitrogen and oxygen atoms in total. The van der Waals surface area contributed by atoms with Crippen LogP contribution in [0.5, 0.6) is 0 Å². The summed E-state index contributed by atoms with van der Waals surface area (Å²) in [6.07, 6.45) is 0. The van der Waals surface area contributed by atoms with Crippen LogP contribution in [-0.2, 0) is 6.54 Å². The standard InChI is InChI=1S/C12H16BrFN2S/c1-8(12(15)17)6-16(2)7-9-3-4-11(14)10(13)5-9/h3-5,8H,6-7H2,1-2H3,(H2,15,17). The second kappa shape index (κ2) is 6.42. The smallest absolute Gasteiger partial charge is 0.137 e. The van der Waals surface area contributed by atoms with Crippen LogP contribution in [0.25, 0.3) is 0 Å². The molecule has 0 aromatic heterocycles. The van der Waals surface area contributed by atoms with E-state index in [2.05, 4.69) is 20.8 Å². The zero-order valence-electron chi connectivity index (χ0n) is 9.91.